The van der Waals surface area contributed by atoms with Crippen LogP contribution in [0.15, 0.2) is 5.38 Å². The molecule has 0 aliphatic heterocycles. The van der Waals surface area contributed by atoms with Gasteiger partial charge in [-0.25, -0.2) is 4.98 Å². The molecule has 0 bridgehead atoms. The van der Waals surface area contributed by atoms with Crippen LogP contribution in [-0.4, -0.2) is 33.6 Å². The third kappa shape index (κ3) is 2.89. The summed E-state index contributed by atoms with van der Waals surface area (Å²) in [5.41, 5.74) is 0.633. The molecule has 1 aromatic heterocycles. The Morgan fingerprint density at radius 2 is 2.50 bits per heavy atom. The lowest BCUT2D eigenvalue weighted by atomic mass is 10.3. The number of aliphatic carboxylic acids is 1. The van der Waals surface area contributed by atoms with Gasteiger partial charge in [0, 0.05) is 16.7 Å². The molecule has 0 amide bonds. The zero-order chi connectivity index (χ0) is 11.6. The van der Waals surface area contributed by atoms with Gasteiger partial charge in [0.05, 0.1) is 12.1 Å². The van der Waals surface area contributed by atoms with Crippen LogP contribution in [0.5, 0.6) is 0 Å². The highest BCUT2D eigenvalue weighted by molar-refractivity contribution is 8.00. The molecule has 0 spiro atoms. The van der Waals surface area contributed by atoms with Crippen molar-refractivity contribution in [2.24, 2.45) is 0 Å². The van der Waals surface area contributed by atoms with E-state index < -0.39 is 5.97 Å². The molecule has 2 N–H and O–H groups in total. The molecule has 1 aliphatic carbocycles. The van der Waals surface area contributed by atoms with Crippen LogP contribution in [0.2, 0.25) is 0 Å². The quantitative estimate of drug-likeness (QED) is 0.818. The third-order valence-electron chi connectivity index (χ3n) is 2.69. The fourth-order valence-electron chi connectivity index (χ4n) is 1.45. The molecule has 4 nitrogen and oxygen atoms in total. The zero-order valence-electron chi connectivity index (χ0n) is 9.02. The van der Waals surface area contributed by atoms with E-state index in [2.05, 4.69) is 16.6 Å². The molecule has 1 aromatic rings. The molecule has 1 fully saturated rings. The normalized spacial score (nSPS) is 17.1. The lowest BCUT2D eigenvalue weighted by molar-refractivity contribution is -0.136. The molecular weight excluding hydrogens is 244 g/mol. The first-order valence-electron chi connectivity index (χ1n) is 5.09. The molecule has 0 aromatic carbocycles. The Morgan fingerprint density at radius 1 is 1.75 bits per heavy atom. The highest BCUT2D eigenvalue weighted by atomic mass is 32.2. The number of nitrogens with one attached hydrogen (secondary N) is 1. The molecule has 1 aliphatic rings. The number of thiazole rings is 1. The Labute approximate surface area is 102 Å². The number of rotatable bonds is 6. The maximum atomic E-state index is 10.5. The summed E-state index contributed by atoms with van der Waals surface area (Å²) >= 11 is 3.37. The predicted octanol–water partition coefficient (Wildman–Crippen LogP) is 2.08. The van der Waals surface area contributed by atoms with Gasteiger partial charge in [0.1, 0.15) is 0 Å². The minimum absolute atomic E-state index is 0.00580. The molecule has 0 radical (unpaired) electrons. The lowest BCUT2D eigenvalue weighted by Gasteiger charge is -2.11. The smallest absolute Gasteiger partial charge is 0.309 e. The molecule has 1 heterocycles. The Bertz CT molecular complexity index is 388. The van der Waals surface area contributed by atoms with Crippen LogP contribution in [0.4, 0.5) is 5.13 Å². The van der Waals surface area contributed by atoms with E-state index in [-0.39, 0.29) is 6.42 Å². The summed E-state index contributed by atoms with van der Waals surface area (Å²) in [6.45, 7) is 0.925. The van der Waals surface area contributed by atoms with E-state index in [4.69, 9.17) is 5.11 Å². The predicted molar refractivity (Wildman–Crippen MR) is 67.4 cm³/mol. The van der Waals surface area contributed by atoms with Crippen molar-refractivity contribution in [3.8, 4) is 0 Å². The fourth-order valence-corrected chi connectivity index (χ4v) is 2.89. The average Bonchev–Trinajstić information content (AvgIpc) is 2.90. The minimum atomic E-state index is -0.834. The molecular formula is C10H14N2O2S2. The van der Waals surface area contributed by atoms with Crippen LogP contribution in [0.25, 0.3) is 0 Å². The van der Waals surface area contributed by atoms with Crippen molar-refractivity contribution >= 4 is 34.2 Å². The van der Waals surface area contributed by atoms with E-state index in [0.29, 0.717) is 10.4 Å². The number of hydrogen-bond acceptors (Lipinski definition) is 5. The first kappa shape index (κ1) is 11.7. The second-order valence-corrected chi connectivity index (χ2v) is 6.09. The van der Waals surface area contributed by atoms with E-state index in [9.17, 15) is 4.79 Å². The van der Waals surface area contributed by atoms with Crippen molar-refractivity contribution < 1.29 is 9.90 Å². The topological polar surface area (TPSA) is 62.2 Å². The number of anilines is 1. The van der Waals surface area contributed by atoms with Crippen LogP contribution in [0.1, 0.15) is 18.5 Å². The monoisotopic (exact) mass is 258 g/mol. The van der Waals surface area contributed by atoms with Gasteiger partial charge in [-0.05, 0) is 19.1 Å². The molecule has 0 atom stereocenters. The highest BCUT2D eigenvalue weighted by Crippen LogP contribution is 2.47. The Morgan fingerprint density at radius 3 is 3.06 bits per heavy atom. The van der Waals surface area contributed by atoms with E-state index >= 15 is 0 Å². The van der Waals surface area contributed by atoms with Crippen LogP contribution >= 0.6 is 23.1 Å². The van der Waals surface area contributed by atoms with Crippen molar-refractivity contribution in [1.29, 1.82) is 0 Å². The summed E-state index contributed by atoms with van der Waals surface area (Å²) in [5, 5.41) is 14.5. The number of thioether (sulfide) groups is 1. The van der Waals surface area contributed by atoms with Crippen LogP contribution in [0.3, 0.4) is 0 Å². The van der Waals surface area contributed by atoms with E-state index in [1.807, 2.05) is 11.8 Å². The summed E-state index contributed by atoms with van der Waals surface area (Å²) < 4.78 is 0.401. The van der Waals surface area contributed by atoms with E-state index in [1.165, 1.54) is 24.2 Å². The molecule has 0 saturated heterocycles. The summed E-state index contributed by atoms with van der Waals surface area (Å²) in [6.07, 6.45) is 4.65. The maximum absolute atomic E-state index is 10.5. The second kappa shape index (κ2) is 4.63. The maximum Gasteiger partial charge on any atom is 0.309 e. The van der Waals surface area contributed by atoms with Crippen LogP contribution in [-0.2, 0) is 11.2 Å². The minimum Gasteiger partial charge on any atom is -0.481 e. The third-order valence-corrected chi connectivity index (χ3v) is 4.95. The molecule has 2 rings (SSSR count). The number of carbonyl (C=O) groups is 1. The van der Waals surface area contributed by atoms with Crippen LogP contribution in [0, 0.1) is 0 Å². The molecule has 1 saturated carbocycles. The number of aromatic nitrogens is 1. The van der Waals surface area contributed by atoms with Gasteiger partial charge in [-0.3, -0.25) is 4.79 Å². The molecule has 16 heavy (non-hydrogen) atoms. The molecule has 6 heteroatoms. The van der Waals surface area contributed by atoms with Crippen molar-refractivity contribution in [2.75, 3.05) is 18.1 Å². The average molecular weight is 258 g/mol. The number of carboxylic acid groups (broad SMARTS) is 1. The first-order chi connectivity index (χ1) is 7.63. The standard InChI is InChI=1S/C10H14N2O2S2/c1-15-10(2-3-10)6-11-9-12-7(5-16-9)4-8(13)14/h5H,2-4,6H2,1H3,(H,11,12)(H,13,14). The van der Waals surface area contributed by atoms with Gasteiger partial charge in [0.2, 0.25) is 0 Å². The van der Waals surface area contributed by atoms with Gasteiger partial charge in [-0.15, -0.1) is 11.3 Å². The van der Waals surface area contributed by atoms with Gasteiger partial charge < -0.3 is 10.4 Å². The summed E-state index contributed by atoms with van der Waals surface area (Å²) in [4.78, 5) is 14.7. The Kier molecular flexibility index (Phi) is 3.39. The number of carboxylic acids is 1. The van der Waals surface area contributed by atoms with Gasteiger partial charge in [0.15, 0.2) is 5.13 Å². The van der Waals surface area contributed by atoms with Gasteiger partial charge >= 0.3 is 5.97 Å². The number of nitrogens with zero attached hydrogens (tertiary/aromatic N) is 1. The second-order valence-electron chi connectivity index (χ2n) is 3.96. The highest BCUT2D eigenvalue weighted by Gasteiger charge is 2.41. The molecule has 0 unspecified atom stereocenters. The Balaban J connectivity index is 1.85. The number of hydrogen-bond donors (Lipinski definition) is 2. The summed E-state index contributed by atoms with van der Waals surface area (Å²) in [5.74, 6) is -0.834. The van der Waals surface area contributed by atoms with Gasteiger partial charge in [-0.2, -0.15) is 11.8 Å². The van der Waals surface area contributed by atoms with Gasteiger partial charge in [0.25, 0.3) is 0 Å². The SMILES string of the molecule is CSC1(CNc2nc(CC(=O)O)cs2)CC1. The van der Waals surface area contributed by atoms with Crippen LogP contribution < -0.4 is 5.32 Å². The summed E-state index contributed by atoms with van der Waals surface area (Å²) in [6, 6.07) is 0. The van der Waals surface area contributed by atoms with E-state index in [0.717, 1.165) is 11.7 Å². The van der Waals surface area contributed by atoms with Crippen molar-refractivity contribution in [3.05, 3.63) is 11.1 Å². The zero-order valence-corrected chi connectivity index (χ0v) is 10.7. The first-order valence-corrected chi connectivity index (χ1v) is 7.19. The van der Waals surface area contributed by atoms with Crippen molar-refractivity contribution in [2.45, 2.75) is 24.0 Å². The summed E-state index contributed by atoms with van der Waals surface area (Å²) in [7, 11) is 0. The lowest BCUT2D eigenvalue weighted by Crippen LogP contribution is -2.17. The van der Waals surface area contributed by atoms with Crippen molar-refractivity contribution in [3.63, 3.8) is 0 Å². The van der Waals surface area contributed by atoms with Gasteiger partial charge in [-0.1, -0.05) is 0 Å². The van der Waals surface area contributed by atoms with Crippen molar-refractivity contribution in [1.82, 2.24) is 4.98 Å². The fraction of sp³-hybridized carbons (Fsp3) is 0.600. The largest absolute Gasteiger partial charge is 0.481 e. The van der Waals surface area contributed by atoms with E-state index in [1.54, 1.807) is 5.38 Å². The molecule has 88 valence electrons. The Hall–Kier alpha value is -0.750.